The van der Waals surface area contributed by atoms with Crippen LogP contribution >= 0.6 is 11.3 Å². The molecule has 4 heteroatoms. The van der Waals surface area contributed by atoms with E-state index in [-0.39, 0.29) is 11.6 Å². The highest BCUT2D eigenvalue weighted by atomic mass is 32.1. The molecule has 94 valence electrons. The predicted octanol–water partition coefficient (Wildman–Crippen LogP) is 4.01. The van der Waals surface area contributed by atoms with Gasteiger partial charge in [-0.25, -0.2) is 4.39 Å². The van der Waals surface area contributed by atoms with Crippen molar-refractivity contribution in [3.8, 4) is 0 Å². The van der Waals surface area contributed by atoms with Crippen molar-refractivity contribution in [2.45, 2.75) is 20.3 Å². The number of para-hydroxylation sites is 1. The van der Waals surface area contributed by atoms with Gasteiger partial charge in [0.15, 0.2) is 0 Å². The summed E-state index contributed by atoms with van der Waals surface area (Å²) in [4.78, 5) is 13.8. The molecule has 2 nitrogen and oxygen atoms in total. The number of carbonyl (C=O) groups is 1. The van der Waals surface area contributed by atoms with Crippen LogP contribution in [0, 0.1) is 12.7 Å². The highest BCUT2D eigenvalue weighted by Crippen LogP contribution is 2.23. The second kappa shape index (κ2) is 5.31. The summed E-state index contributed by atoms with van der Waals surface area (Å²) >= 11 is 1.46. The van der Waals surface area contributed by atoms with Crippen molar-refractivity contribution in [3.63, 3.8) is 0 Å². The van der Waals surface area contributed by atoms with Gasteiger partial charge in [0.1, 0.15) is 5.82 Å². The van der Waals surface area contributed by atoms with Crippen molar-refractivity contribution in [1.29, 1.82) is 0 Å². The molecule has 0 spiro atoms. The molecule has 0 aliphatic heterocycles. The lowest BCUT2D eigenvalue weighted by atomic mass is 10.2. The van der Waals surface area contributed by atoms with Crippen molar-refractivity contribution >= 4 is 22.9 Å². The lowest BCUT2D eigenvalue weighted by Crippen LogP contribution is -2.11. The molecule has 0 unspecified atom stereocenters. The van der Waals surface area contributed by atoms with Crippen molar-refractivity contribution in [2.75, 3.05) is 5.32 Å². The lowest BCUT2D eigenvalue weighted by Gasteiger charge is -2.04. The maximum absolute atomic E-state index is 13.4. The standard InChI is InChI=1S/C14H14FNOS/c1-3-12-9(2)8-13(18-12)14(17)16-11-7-5-4-6-10(11)15/h4-8H,3H2,1-2H3,(H,16,17). The molecule has 18 heavy (non-hydrogen) atoms. The number of anilines is 1. The van der Waals surface area contributed by atoms with Gasteiger partial charge in [0, 0.05) is 4.88 Å². The largest absolute Gasteiger partial charge is 0.319 e. The summed E-state index contributed by atoms with van der Waals surface area (Å²) in [6.07, 6.45) is 0.906. The summed E-state index contributed by atoms with van der Waals surface area (Å²) < 4.78 is 13.4. The third kappa shape index (κ3) is 2.59. The van der Waals surface area contributed by atoms with E-state index >= 15 is 0 Å². The molecule has 0 bridgehead atoms. The topological polar surface area (TPSA) is 29.1 Å². The van der Waals surface area contributed by atoms with Gasteiger partial charge in [0.2, 0.25) is 0 Å². The number of thiophene rings is 1. The van der Waals surface area contributed by atoms with E-state index in [4.69, 9.17) is 0 Å². The Bertz CT molecular complexity index is 577. The molecule has 0 aliphatic carbocycles. The number of benzene rings is 1. The summed E-state index contributed by atoms with van der Waals surface area (Å²) in [6, 6.07) is 8.01. The molecule has 0 radical (unpaired) electrons. The van der Waals surface area contributed by atoms with E-state index in [0.717, 1.165) is 12.0 Å². The fraction of sp³-hybridized carbons (Fsp3) is 0.214. The van der Waals surface area contributed by atoms with E-state index in [1.165, 1.54) is 22.3 Å². The summed E-state index contributed by atoms with van der Waals surface area (Å²) in [5, 5.41) is 2.59. The minimum atomic E-state index is -0.421. The van der Waals surface area contributed by atoms with Crippen molar-refractivity contribution in [1.82, 2.24) is 0 Å². The molecule has 0 saturated carbocycles. The zero-order chi connectivity index (χ0) is 13.1. The van der Waals surface area contributed by atoms with E-state index < -0.39 is 5.82 Å². The van der Waals surface area contributed by atoms with Gasteiger partial charge in [-0.3, -0.25) is 4.79 Å². The Hall–Kier alpha value is -1.68. The molecule has 1 heterocycles. The maximum atomic E-state index is 13.4. The second-order valence-corrected chi connectivity index (χ2v) is 5.14. The van der Waals surface area contributed by atoms with E-state index in [9.17, 15) is 9.18 Å². The summed E-state index contributed by atoms with van der Waals surface area (Å²) in [5.74, 6) is -0.678. The first-order valence-electron chi connectivity index (χ1n) is 5.77. The third-order valence-electron chi connectivity index (χ3n) is 2.69. The number of aryl methyl sites for hydroxylation is 2. The number of halogens is 1. The predicted molar refractivity (Wildman–Crippen MR) is 72.8 cm³/mol. The summed E-state index contributed by atoms with van der Waals surface area (Å²) in [7, 11) is 0. The Balaban J connectivity index is 2.19. The molecule has 0 aliphatic rings. The molecule has 0 fully saturated rings. The van der Waals surface area contributed by atoms with Gasteiger partial charge in [-0.1, -0.05) is 19.1 Å². The fourth-order valence-electron chi connectivity index (χ4n) is 1.73. The summed E-state index contributed by atoms with van der Waals surface area (Å²) in [5.41, 5.74) is 1.33. The third-order valence-corrected chi connectivity index (χ3v) is 4.07. The van der Waals surface area contributed by atoms with Gasteiger partial charge < -0.3 is 5.32 Å². The van der Waals surface area contributed by atoms with E-state index in [1.54, 1.807) is 18.2 Å². The van der Waals surface area contributed by atoms with Crippen LogP contribution in [0.3, 0.4) is 0 Å². The average Bonchev–Trinajstić information content (AvgIpc) is 2.73. The number of rotatable bonds is 3. The van der Waals surface area contributed by atoms with Crippen LogP contribution in [0.5, 0.6) is 0 Å². The lowest BCUT2D eigenvalue weighted by molar-refractivity contribution is 0.103. The Labute approximate surface area is 109 Å². The Kier molecular flexibility index (Phi) is 3.77. The number of carbonyl (C=O) groups excluding carboxylic acids is 1. The van der Waals surface area contributed by atoms with Crippen LogP contribution in [0.15, 0.2) is 30.3 Å². The molecular weight excluding hydrogens is 249 g/mol. The fourth-order valence-corrected chi connectivity index (χ4v) is 2.74. The van der Waals surface area contributed by atoms with Crippen molar-refractivity contribution in [2.24, 2.45) is 0 Å². The van der Waals surface area contributed by atoms with Crippen LogP contribution in [0.2, 0.25) is 0 Å². The first kappa shape index (κ1) is 12.8. The van der Waals surface area contributed by atoms with Gasteiger partial charge in [-0.2, -0.15) is 0 Å². The van der Waals surface area contributed by atoms with Crippen molar-refractivity contribution in [3.05, 3.63) is 51.5 Å². The molecule has 2 aromatic rings. The second-order valence-electron chi connectivity index (χ2n) is 4.00. The van der Waals surface area contributed by atoms with E-state index in [1.807, 2.05) is 13.0 Å². The van der Waals surface area contributed by atoms with Gasteiger partial charge in [-0.05, 0) is 37.1 Å². The van der Waals surface area contributed by atoms with E-state index in [0.29, 0.717) is 4.88 Å². The molecular formula is C14H14FNOS. The SMILES string of the molecule is CCc1sc(C(=O)Nc2ccccc2F)cc1C. The normalized spacial score (nSPS) is 10.4. The first-order chi connectivity index (χ1) is 8.61. The molecule has 1 aromatic heterocycles. The quantitative estimate of drug-likeness (QED) is 0.890. The smallest absolute Gasteiger partial charge is 0.265 e. The molecule has 1 aromatic carbocycles. The Morgan fingerprint density at radius 3 is 2.72 bits per heavy atom. The molecule has 0 saturated heterocycles. The molecule has 1 amide bonds. The molecule has 1 N–H and O–H groups in total. The van der Waals surface area contributed by atoms with Crippen LogP contribution in [0.4, 0.5) is 10.1 Å². The molecule has 2 rings (SSSR count). The van der Waals surface area contributed by atoms with Gasteiger partial charge in [0.05, 0.1) is 10.6 Å². The van der Waals surface area contributed by atoms with Crippen LogP contribution in [0.1, 0.15) is 27.0 Å². The minimum absolute atomic E-state index is 0.214. The van der Waals surface area contributed by atoms with Crippen LogP contribution < -0.4 is 5.32 Å². The monoisotopic (exact) mass is 263 g/mol. The van der Waals surface area contributed by atoms with Crippen molar-refractivity contribution < 1.29 is 9.18 Å². The first-order valence-corrected chi connectivity index (χ1v) is 6.58. The maximum Gasteiger partial charge on any atom is 0.265 e. The number of nitrogens with one attached hydrogen (secondary N) is 1. The number of amides is 1. The minimum Gasteiger partial charge on any atom is -0.319 e. The molecule has 0 atom stereocenters. The highest BCUT2D eigenvalue weighted by Gasteiger charge is 2.13. The van der Waals surface area contributed by atoms with Crippen LogP contribution in [-0.4, -0.2) is 5.91 Å². The Morgan fingerprint density at radius 1 is 1.39 bits per heavy atom. The van der Waals surface area contributed by atoms with Gasteiger partial charge >= 0.3 is 0 Å². The van der Waals surface area contributed by atoms with Gasteiger partial charge in [-0.15, -0.1) is 11.3 Å². The zero-order valence-corrected chi connectivity index (χ0v) is 11.1. The van der Waals surface area contributed by atoms with Gasteiger partial charge in [0.25, 0.3) is 5.91 Å². The zero-order valence-electron chi connectivity index (χ0n) is 10.3. The van der Waals surface area contributed by atoms with E-state index in [2.05, 4.69) is 12.2 Å². The number of hydrogen-bond donors (Lipinski definition) is 1. The van der Waals surface area contributed by atoms with Crippen LogP contribution in [0.25, 0.3) is 0 Å². The average molecular weight is 263 g/mol. The van der Waals surface area contributed by atoms with Crippen LogP contribution in [-0.2, 0) is 6.42 Å². The highest BCUT2D eigenvalue weighted by molar-refractivity contribution is 7.14. The number of hydrogen-bond acceptors (Lipinski definition) is 2. The Morgan fingerprint density at radius 2 is 2.11 bits per heavy atom. The summed E-state index contributed by atoms with van der Waals surface area (Å²) in [6.45, 7) is 4.03.